The number of aromatic nitrogens is 1. The van der Waals surface area contributed by atoms with Crippen LogP contribution in [0.15, 0.2) is 36.4 Å². The van der Waals surface area contributed by atoms with E-state index in [1.165, 1.54) is 0 Å². The second-order valence-electron chi connectivity index (χ2n) is 7.70. The van der Waals surface area contributed by atoms with Crippen LogP contribution in [0.4, 0.5) is 10.6 Å². The first-order valence-electron chi connectivity index (χ1n) is 9.34. The van der Waals surface area contributed by atoms with E-state index in [1.54, 1.807) is 24.1 Å². The fraction of sp³-hybridized carbons (Fsp3) is 0.429. The number of ether oxygens (including phenoxy) is 3. The minimum absolute atomic E-state index is 0.359. The van der Waals surface area contributed by atoms with E-state index in [4.69, 9.17) is 19.9 Å². The molecule has 3 rings (SSSR count). The second-order valence-corrected chi connectivity index (χ2v) is 7.70. The van der Waals surface area contributed by atoms with Crippen molar-refractivity contribution in [2.75, 3.05) is 19.4 Å². The van der Waals surface area contributed by atoms with Crippen LogP contribution in [0.2, 0.25) is 0 Å². The van der Waals surface area contributed by atoms with Gasteiger partial charge in [-0.25, -0.2) is 9.78 Å². The van der Waals surface area contributed by atoms with Crippen molar-refractivity contribution in [2.24, 2.45) is 0 Å². The fourth-order valence-electron chi connectivity index (χ4n) is 3.10. The van der Waals surface area contributed by atoms with Crippen LogP contribution in [0.5, 0.6) is 11.5 Å². The quantitative estimate of drug-likeness (QED) is 0.853. The Morgan fingerprint density at radius 2 is 2.04 bits per heavy atom. The molecule has 2 N–H and O–H groups in total. The van der Waals surface area contributed by atoms with Gasteiger partial charge in [0, 0.05) is 24.6 Å². The van der Waals surface area contributed by atoms with Crippen LogP contribution in [-0.2, 0) is 4.74 Å². The number of pyridine rings is 1. The molecule has 0 bridgehead atoms. The number of nitrogens with two attached hydrogens (primary N) is 1. The molecule has 1 fully saturated rings. The van der Waals surface area contributed by atoms with E-state index in [1.807, 2.05) is 45.0 Å². The Morgan fingerprint density at radius 1 is 1.25 bits per heavy atom. The lowest BCUT2D eigenvalue weighted by Gasteiger charge is -2.28. The molecule has 1 unspecified atom stereocenters. The lowest BCUT2D eigenvalue weighted by atomic mass is 10.1. The SMILES string of the molecule is COc1cc(OC2CCCN2C(=O)OC(C)(C)C)ccc1-c1cccc(N)n1. The summed E-state index contributed by atoms with van der Waals surface area (Å²) >= 11 is 0. The first kappa shape index (κ1) is 19.8. The zero-order chi connectivity index (χ0) is 20.3. The predicted octanol–water partition coefficient (Wildman–Crippen LogP) is 4.08. The molecule has 2 aromatic rings. The highest BCUT2D eigenvalue weighted by Gasteiger charge is 2.33. The van der Waals surface area contributed by atoms with E-state index < -0.39 is 5.60 Å². The number of carbonyl (C=O) groups is 1. The van der Waals surface area contributed by atoms with E-state index in [9.17, 15) is 4.79 Å². The zero-order valence-corrected chi connectivity index (χ0v) is 16.8. The van der Waals surface area contributed by atoms with Crippen LogP contribution in [-0.4, -0.2) is 41.5 Å². The minimum atomic E-state index is -0.542. The Balaban J connectivity index is 1.78. The van der Waals surface area contributed by atoms with Crippen molar-refractivity contribution in [2.45, 2.75) is 45.4 Å². The Hall–Kier alpha value is -2.96. The smallest absolute Gasteiger partial charge is 0.413 e. The predicted molar refractivity (Wildman–Crippen MR) is 107 cm³/mol. The standard InChI is InChI=1S/C21H27N3O4/c1-21(2,3)28-20(25)24-12-6-9-19(24)27-14-10-11-15(17(13-14)26-4)16-7-5-8-18(22)23-16/h5,7-8,10-11,13,19H,6,9,12H2,1-4H3,(H2,22,23). The lowest BCUT2D eigenvalue weighted by molar-refractivity contribution is -0.00511. The van der Waals surface area contributed by atoms with Crippen molar-refractivity contribution in [1.29, 1.82) is 0 Å². The maximum atomic E-state index is 12.4. The van der Waals surface area contributed by atoms with Crippen LogP contribution in [0.3, 0.4) is 0 Å². The van der Waals surface area contributed by atoms with Gasteiger partial charge in [0.15, 0.2) is 6.23 Å². The molecule has 7 heteroatoms. The molecule has 1 aromatic carbocycles. The lowest BCUT2D eigenvalue weighted by Crippen LogP contribution is -2.42. The molecular formula is C21H27N3O4. The fourth-order valence-corrected chi connectivity index (χ4v) is 3.10. The molecule has 0 spiro atoms. The van der Waals surface area contributed by atoms with Crippen molar-refractivity contribution in [3.8, 4) is 22.8 Å². The summed E-state index contributed by atoms with van der Waals surface area (Å²) < 4.78 is 17.1. The molecule has 0 saturated carbocycles. The van der Waals surface area contributed by atoms with Gasteiger partial charge in [0.25, 0.3) is 0 Å². The van der Waals surface area contributed by atoms with Gasteiger partial charge in [0.05, 0.1) is 12.8 Å². The molecule has 1 saturated heterocycles. The molecule has 0 aliphatic carbocycles. The van der Waals surface area contributed by atoms with Crippen molar-refractivity contribution in [1.82, 2.24) is 9.88 Å². The summed E-state index contributed by atoms with van der Waals surface area (Å²) in [6.07, 6.45) is 0.894. The van der Waals surface area contributed by atoms with Gasteiger partial charge in [0.2, 0.25) is 0 Å². The summed E-state index contributed by atoms with van der Waals surface area (Å²) in [6.45, 7) is 6.17. The summed E-state index contributed by atoms with van der Waals surface area (Å²) in [5.74, 6) is 1.68. The molecule has 7 nitrogen and oxygen atoms in total. The number of likely N-dealkylation sites (tertiary alicyclic amines) is 1. The van der Waals surface area contributed by atoms with E-state index in [-0.39, 0.29) is 12.3 Å². The average Bonchev–Trinajstić information content (AvgIpc) is 3.08. The molecule has 28 heavy (non-hydrogen) atoms. The highest BCUT2D eigenvalue weighted by molar-refractivity contribution is 5.70. The number of carbonyl (C=O) groups excluding carboxylic acids is 1. The van der Waals surface area contributed by atoms with E-state index in [0.717, 1.165) is 24.1 Å². The number of rotatable bonds is 4. The highest BCUT2D eigenvalue weighted by Crippen LogP contribution is 2.34. The highest BCUT2D eigenvalue weighted by atomic mass is 16.6. The molecule has 150 valence electrons. The number of anilines is 1. The van der Waals surface area contributed by atoms with Gasteiger partial charge in [-0.15, -0.1) is 0 Å². The third-order valence-corrected chi connectivity index (χ3v) is 4.32. The van der Waals surface area contributed by atoms with E-state index >= 15 is 0 Å². The number of methoxy groups -OCH3 is 1. The molecule has 1 amide bonds. The van der Waals surface area contributed by atoms with Crippen LogP contribution in [0.1, 0.15) is 33.6 Å². The monoisotopic (exact) mass is 385 g/mol. The van der Waals surface area contributed by atoms with Gasteiger partial charge in [-0.3, -0.25) is 4.90 Å². The van der Waals surface area contributed by atoms with E-state index in [0.29, 0.717) is 23.9 Å². The second kappa shape index (κ2) is 7.96. The Morgan fingerprint density at radius 3 is 2.71 bits per heavy atom. The zero-order valence-electron chi connectivity index (χ0n) is 16.8. The topological polar surface area (TPSA) is 86.9 Å². The number of amides is 1. The Labute approximate surface area is 165 Å². The van der Waals surface area contributed by atoms with Crippen LogP contribution < -0.4 is 15.2 Å². The number of nitrogen functional groups attached to an aromatic ring is 1. The minimum Gasteiger partial charge on any atom is -0.496 e. The van der Waals surface area contributed by atoms with Crippen LogP contribution in [0.25, 0.3) is 11.3 Å². The number of hydrogen-bond donors (Lipinski definition) is 1. The average molecular weight is 385 g/mol. The normalized spacial score (nSPS) is 16.7. The number of benzene rings is 1. The molecule has 0 radical (unpaired) electrons. The third kappa shape index (κ3) is 4.65. The first-order chi connectivity index (χ1) is 13.3. The van der Waals surface area contributed by atoms with Gasteiger partial charge < -0.3 is 19.9 Å². The van der Waals surface area contributed by atoms with Gasteiger partial charge in [0.1, 0.15) is 22.9 Å². The van der Waals surface area contributed by atoms with Gasteiger partial charge in [-0.2, -0.15) is 0 Å². The summed E-state index contributed by atoms with van der Waals surface area (Å²) in [6, 6.07) is 11.0. The summed E-state index contributed by atoms with van der Waals surface area (Å²) in [5.41, 5.74) is 6.78. The number of hydrogen-bond acceptors (Lipinski definition) is 6. The first-order valence-corrected chi connectivity index (χ1v) is 9.34. The summed E-state index contributed by atoms with van der Waals surface area (Å²) in [4.78, 5) is 18.4. The maximum Gasteiger partial charge on any atom is 0.413 e. The summed E-state index contributed by atoms with van der Waals surface area (Å²) in [5, 5.41) is 0. The molecule has 2 heterocycles. The van der Waals surface area contributed by atoms with Crippen LogP contribution >= 0.6 is 0 Å². The third-order valence-electron chi connectivity index (χ3n) is 4.32. The Bertz CT molecular complexity index is 848. The number of nitrogens with zero attached hydrogens (tertiary/aromatic N) is 2. The maximum absolute atomic E-state index is 12.4. The molecule has 1 aliphatic heterocycles. The largest absolute Gasteiger partial charge is 0.496 e. The van der Waals surface area contributed by atoms with Crippen molar-refractivity contribution >= 4 is 11.9 Å². The van der Waals surface area contributed by atoms with Gasteiger partial charge >= 0.3 is 6.09 Å². The van der Waals surface area contributed by atoms with Crippen LogP contribution in [0, 0.1) is 0 Å². The van der Waals surface area contributed by atoms with Crippen molar-refractivity contribution in [3.05, 3.63) is 36.4 Å². The van der Waals surface area contributed by atoms with E-state index in [2.05, 4.69) is 4.98 Å². The Kier molecular flexibility index (Phi) is 5.63. The van der Waals surface area contributed by atoms with Gasteiger partial charge in [-0.1, -0.05) is 6.07 Å². The summed E-state index contributed by atoms with van der Waals surface area (Å²) in [7, 11) is 1.59. The van der Waals surface area contributed by atoms with Crippen molar-refractivity contribution in [3.63, 3.8) is 0 Å². The molecule has 1 aliphatic rings. The van der Waals surface area contributed by atoms with Gasteiger partial charge in [-0.05, 0) is 51.5 Å². The molecule has 1 atom stereocenters. The van der Waals surface area contributed by atoms with Crippen molar-refractivity contribution < 1.29 is 19.0 Å². The molecular weight excluding hydrogens is 358 g/mol. The molecule has 1 aromatic heterocycles.